The zero-order valence-electron chi connectivity index (χ0n) is 17.2. The molecule has 0 aromatic heterocycles. The molecule has 0 spiro atoms. The van der Waals surface area contributed by atoms with E-state index >= 15 is 0 Å². The summed E-state index contributed by atoms with van der Waals surface area (Å²) in [6.07, 6.45) is 7.08. The van der Waals surface area contributed by atoms with Crippen molar-refractivity contribution in [3.05, 3.63) is 35.4 Å². The Balaban J connectivity index is 1.24. The molecule has 3 aliphatic rings. The monoisotopic (exact) mass is 385 g/mol. The van der Waals surface area contributed by atoms with Crippen LogP contribution in [0.2, 0.25) is 0 Å². The van der Waals surface area contributed by atoms with E-state index in [9.17, 15) is 4.79 Å². The maximum atomic E-state index is 12.4. The Bertz CT molecular complexity index is 632. The number of rotatable bonds is 6. The largest absolute Gasteiger partial charge is 0.383 e. The quantitative estimate of drug-likeness (QED) is 0.762. The lowest BCUT2D eigenvalue weighted by Crippen LogP contribution is -2.52. The molecule has 1 atom stereocenters. The van der Waals surface area contributed by atoms with Crippen LogP contribution in [0.1, 0.15) is 36.8 Å². The third kappa shape index (κ3) is 4.58. The standard InChI is InChI=1S/C23H35N3O2/c1-28-14-10-24-23(27)20-7-4-11-26(17-20)21-8-12-25(13-9-21)22-15-18-5-2-3-6-19(18)16-22/h2-3,5-6,20-22H,4,7-17H2,1H3,(H,24,27). The van der Waals surface area contributed by atoms with Gasteiger partial charge >= 0.3 is 0 Å². The Kier molecular flexibility index (Phi) is 6.65. The lowest BCUT2D eigenvalue weighted by Gasteiger charge is -2.43. The minimum Gasteiger partial charge on any atom is -0.383 e. The van der Waals surface area contributed by atoms with E-state index in [0.717, 1.165) is 25.9 Å². The van der Waals surface area contributed by atoms with Crippen molar-refractivity contribution in [3.8, 4) is 0 Å². The summed E-state index contributed by atoms with van der Waals surface area (Å²) in [5.74, 6) is 0.357. The van der Waals surface area contributed by atoms with Crippen molar-refractivity contribution < 1.29 is 9.53 Å². The van der Waals surface area contributed by atoms with Crippen LogP contribution in [-0.2, 0) is 22.4 Å². The summed E-state index contributed by atoms with van der Waals surface area (Å²) in [5.41, 5.74) is 3.10. The van der Waals surface area contributed by atoms with Crippen LogP contribution in [0.15, 0.2) is 24.3 Å². The number of piperidine rings is 2. The number of ether oxygens (including phenoxy) is 1. The van der Waals surface area contributed by atoms with Crippen LogP contribution in [0.5, 0.6) is 0 Å². The molecule has 5 nitrogen and oxygen atoms in total. The topological polar surface area (TPSA) is 44.8 Å². The van der Waals surface area contributed by atoms with Gasteiger partial charge in [-0.3, -0.25) is 14.6 Å². The fraction of sp³-hybridized carbons (Fsp3) is 0.696. The third-order valence-electron chi connectivity index (χ3n) is 6.99. The molecule has 28 heavy (non-hydrogen) atoms. The molecule has 0 bridgehead atoms. The van der Waals surface area contributed by atoms with Crippen molar-refractivity contribution >= 4 is 5.91 Å². The van der Waals surface area contributed by atoms with E-state index in [1.165, 1.54) is 38.8 Å². The van der Waals surface area contributed by atoms with E-state index in [1.54, 1.807) is 18.2 Å². The second-order valence-electron chi connectivity index (χ2n) is 8.72. The Morgan fingerprint density at radius 1 is 1.04 bits per heavy atom. The number of hydrogen-bond acceptors (Lipinski definition) is 4. The third-order valence-corrected chi connectivity index (χ3v) is 6.99. The fourth-order valence-electron chi connectivity index (χ4n) is 5.38. The summed E-state index contributed by atoms with van der Waals surface area (Å²) >= 11 is 0. The van der Waals surface area contributed by atoms with Crippen molar-refractivity contribution in [2.24, 2.45) is 5.92 Å². The highest BCUT2D eigenvalue weighted by atomic mass is 16.5. The average molecular weight is 386 g/mol. The van der Waals surface area contributed by atoms with Crippen LogP contribution in [0.4, 0.5) is 0 Å². The lowest BCUT2D eigenvalue weighted by atomic mass is 9.92. The number of benzene rings is 1. The summed E-state index contributed by atoms with van der Waals surface area (Å²) in [6, 6.07) is 10.3. The van der Waals surface area contributed by atoms with Crippen molar-refractivity contribution in [2.75, 3.05) is 46.4 Å². The van der Waals surface area contributed by atoms with E-state index in [4.69, 9.17) is 4.74 Å². The van der Waals surface area contributed by atoms with Crippen LogP contribution in [0.3, 0.4) is 0 Å². The summed E-state index contributed by atoms with van der Waals surface area (Å²) < 4.78 is 5.04. The molecule has 1 N–H and O–H groups in total. The number of carbonyl (C=O) groups excluding carboxylic acids is 1. The number of nitrogens with one attached hydrogen (secondary N) is 1. The predicted octanol–water partition coefficient (Wildman–Crippen LogP) is 2.09. The minimum absolute atomic E-state index is 0.146. The molecule has 1 aliphatic carbocycles. The van der Waals surface area contributed by atoms with Gasteiger partial charge in [-0.05, 0) is 69.3 Å². The molecule has 1 unspecified atom stereocenters. The molecule has 1 aromatic carbocycles. The predicted molar refractivity (Wildman–Crippen MR) is 111 cm³/mol. The number of likely N-dealkylation sites (tertiary alicyclic amines) is 2. The Morgan fingerprint density at radius 2 is 1.75 bits per heavy atom. The number of hydrogen-bond donors (Lipinski definition) is 1. The van der Waals surface area contributed by atoms with Crippen molar-refractivity contribution in [3.63, 3.8) is 0 Å². The summed E-state index contributed by atoms with van der Waals surface area (Å²) in [6.45, 7) is 5.69. The van der Waals surface area contributed by atoms with E-state index in [1.807, 2.05) is 0 Å². The van der Waals surface area contributed by atoms with E-state index < -0.39 is 0 Å². The molecule has 2 heterocycles. The molecular formula is C23H35N3O2. The first-order chi connectivity index (χ1) is 13.7. The molecular weight excluding hydrogens is 350 g/mol. The van der Waals surface area contributed by atoms with Crippen LogP contribution in [0.25, 0.3) is 0 Å². The zero-order chi connectivity index (χ0) is 19.3. The molecule has 1 aromatic rings. The average Bonchev–Trinajstić information content (AvgIpc) is 3.18. The van der Waals surface area contributed by atoms with Gasteiger partial charge in [-0.15, -0.1) is 0 Å². The van der Waals surface area contributed by atoms with Crippen LogP contribution in [-0.4, -0.2) is 74.2 Å². The number of nitrogens with zero attached hydrogens (tertiary/aromatic N) is 2. The van der Waals surface area contributed by atoms with Crippen molar-refractivity contribution in [1.29, 1.82) is 0 Å². The first kappa shape index (κ1) is 19.9. The molecule has 0 saturated carbocycles. The SMILES string of the molecule is COCCNC(=O)C1CCCN(C2CCN(C3Cc4ccccc4C3)CC2)C1. The Hall–Kier alpha value is -1.43. The summed E-state index contributed by atoms with van der Waals surface area (Å²) in [4.78, 5) is 17.8. The van der Waals surface area contributed by atoms with E-state index in [-0.39, 0.29) is 11.8 Å². The van der Waals surface area contributed by atoms with Gasteiger partial charge in [0.15, 0.2) is 0 Å². The van der Waals surface area contributed by atoms with Crippen LogP contribution < -0.4 is 5.32 Å². The summed E-state index contributed by atoms with van der Waals surface area (Å²) in [5, 5.41) is 3.03. The second-order valence-corrected chi connectivity index (χ2v) is 8.72. The number of fused-ring (bicyclic) bond motifs is 1. The first-order valence-corrected chi connectivity index (χ1v) is 11.1. The van der Waals surface area contributed by atoms with Crippen molar-refractivity contribution in [2.45, 2.75) is 50.6 Å². The first-order valence-electron chi connectivity index (χ1n) is 11.1. The number of amides is 1. The number of carbonyl (C=O) groups is 1. The van der Waals surface area contributed by atoms with Gasteiger partial charge in [0.1, 0.15) is 0 Å². The van der Waals surface area contributed by atoms with Gasteiger partial charge in [-0.1, -0.05) is 24.3 Å². The molecule has 2 fully saturated rings. The molecule has 0 radical (unpaired) electrons. The lowest BCUT2D eigenvalue weighted by molar-refractivity contribution is -0.127. The molecule has 2 saturated heterocycles. The Labute approximate surface area is 169 Å². The molecule has 1 amide bonds. The maximum absolute atomic E-state index is 12.4. The van der Waals surface area contributed by atoms with E-state index in [2.05, 4.69) is 39.4 Å². The van der Waals surface area contributed by atoms with Crippen LogP contribution >= 0.6 is 0 Å². The number of methoxy groups -OCH3 is 1. The van der Waals surface area contributed by atoms with Gasteiger partial charge in [-0.2, -0.15) is 0 Å². The fourth-order valence-corrected chi connectivity index (χ4v) is 5.38. The summed E-state index contributed by atoms with van der Waals surface area (Å²) in [7, 11) is 1.67. The molecule has 5 heteroatoms. The highest BCUT2D eigenvalue weighted by molar-refractivity contribution is 5.78. The maximum Gasteiger partial charge on any atom is 0.224 e. The van der Waals surface area contributed by atoms with Gasteiger partial charge in [0.2, 0.25) is 5.91 Å². The zero-order valence-corrected chi connectivity index (χ0v) is 17.2. The highest BCUT2D eigenvalue weighted by Crippen LogP contribution is 2.29. The van der Waals surface area contributed by atoms with Gasteiger partial charge in [-0.25, -0.2) is 0 Å². The van der Waals surface area contributed by atoms with Gasteiger partial charge in [0.05, 0.1) is 12.5 Å². The Morgan fingerprint density at radius 3 is 2.43 bits per heavy atom. The molecule has 154 valence electrons. The van der Waals surface area contributed by atoms with Crippen molar-refractivity contribution in [1.82, 2.24) is 15.1 Å². The normalized spacial score (nSPS) is 25.0. The molecule has 2 aliphatic heterocycles. The van der Waals surface area contributed by atoms with Gasteiger partial charge < -0.3 is 10.1 Å². The molecule has 4 rings (SSSR count). The second kappa shape index (κ2) is 9.38. The van der Waals surface area contributed by atoms with Crippen LogP contribution in [0, 0.1) is 5.92 Å². The minimum atomic E-state index is 0.146. The van der Waals surface area contributed by atoms with Gasteiger partial charge in [0, 0.05) is 32.3 Å². The van der Waals surface area contributed by atoms with Gasteiger partial charge in [0.25, 0.3) is 0 Å². The highest BCUT2D eigenvalue weighted by Gasteiger charge is 2.34. The van der Waals surface area contributed by atoms with E-state index in [0.29, 0.717) is 25.2 Å². The smallest absolute Gasteiger partial charge is 0.224 e.